The summed E-state index contributed by atoms with van der Waals surface area (Å²) in [4.78, 5) is 15.3. The van der Waals surface area contributed by atoms with Gasteiger partial charge < -0.3 is 8.94 Å². The van der Waals surface area contributed by atoms with Crippen LogP contribution in [0.2, 0.25) is 5.02 Å². The number of benzene rings is 1. The predicted octanol–water partition coefficient (Wildman–Crippen LogP) is 3.43. The van der Waals surface area contributed by atoms with Crippen molar-refractivity contribution in [1.82, 2.24) is 10.1 Å². The van der Waals surface area contributed by atoms with Crippen LogP contribution in [0.15, 0.2) is 38.0 Å². The predicted molar refractivity (Wildman–Crippen MR) is 65.7 cm³/mol. The Kier molecular flexibility index (Phi) is 2.98. The first-order valence-corrected chi connectivity index (χ1v) is 5.78. The molecule has 0 aliphatic rings. The van der Waals surface area contributed by atoms with E-state index in [2.05, 4.69) is 14.7 Å². The van der Waals surface area contributed by atoms with Gasteiger partial charge in [-0.15, -0.1) is 0 Å². The molecule has 1 aromatic carbocycles. The maximum absolute atomic E-state index is 12.4. The lowest BCUT2D eigenvalue weighted by Gasteiger charge is -1.99. The molecule has 0 amide bonds. The summed E-state index contributed by atoms with van der Waals surface area (Å²) in [5, 5.41) is 3.78. The molecule has 0 saturated heterocycles. The van der Waals surface area contributed by atoms with E-state index in [1.54, 1.807) is 6.07 Å². The van der Waals surface area contributed by atoms with Crippen LogP contribution >= 0.6 is 11.6 Å². The van der Waals surface area contributed by atoms with E-state index in [0.717, 1.165) is 6.07 Å². The van der Waals surface area contributed by atoms with Gasteiger partial charge in [0.1, 0.15) is 5.58 Å². The van der Waals surface area contributed by atoms with Crippen molar-refractivity contribution in [1.29, 1.82) is 0 Å². The Morgan fingerprint density at radius 2 is 2.05 bits per heavy atom. The Labute approximate surface area is 114 Å². The van der Waals surface area contributed by atoms with Crippen molar-refractivity contribution in [2.24, 2.45) is 0 Å². The fraction of sp³-hybridized carbons (Fsp3) is 0.0833. The largest absolute Gasteiger partial charge is 0.451 e. The molecule has 102 valence electrons. The normalized spacial score (nSPS) is 11.4. The van der Waals surface area contributed by atoms with Crippen molar-refractivity contribution >= 4 is 22.6 Å². The molecule has 0 radical (unpaired) electrons. The number of rotatable bonds is 2. The van der Waals surface area contributed by atoms with E-state index in [0.29, 0.717) is 10.4 Å². The van der Waals surface area contributed by atoms with E-state index in [-0.39, 0.29) is 22.7 Å². The molecule has 0 spiro atoms. The van der Waals surface area contributed by atoms with Gasteiger partial charge in [-0.2, -0.15) is 4.98 Å². The van der Waals surface area contributed by atoms with Crippen molar-refractivity contribution < 1.29 is 17.7 Å². The minimum absolute atomic E-state index is 0.0934. The van der Waals surface area contributed by atoms with Gasteiger partial charge in [-0.3, -0.25) is 4.79 Å². The number of aromatic nitrogens is 2. The minimum Gasteiger partial charge on any atom is -0.451 e. The van der Waals surface area contributed by atoms with Crippen LogP contribution in [0.1, 0.15) is 12.2 Å². The molecule has 0 unspecified atom stereocenters. The minimum atomic E-state index is -2.87. The van der Waals surface area contributed by atoms with Gasteiger partial charge >= 0.3 is 6.43 Å². The van der Waals surface area contributed by atoms with E-state index >= 15 is 0 Å². The quantitative estimate of drug-likeness (QED) is 0.725. The van der Waals surface area contributed by atoms with Gasteiger partial charge in [-0.1, -0.05) is 16.8 Å². The van der Waals surface area contributed by atoms with E-state index in [1.807, 2.05) is 0 Å². The number of alkyl halides is 2. The first-order valence-electron chi connectivity index (χ1n) is 5.40. The van der Waals surface area contributed by atoms with Gasteiger partial charge in [0, 0.05) is 17.2 Å². The standard InChI is InChI=1S/C12H5ClF2N2O3/c13-5-1-2-6-7(18)4-9(19-8(6)3-5)12-16-11(10(14)15)17-20-12/h1-4,10H. The SMILES string of the molecule is O=c1cc(-c2nc(C(F)F)no2)oc2cc(Cl)ccc12. The molecule has 8 heteroatoms. The van der Waals surface area contributed by atoms with Crippen molar-refractivity contribution in [2.45, 2.75) is 6.43 Å². The number of hydrogen-bond donors (Lipinski definition) is 0. The van der Waals surface area contributed by atoms with Gasteiger partial charge in [0.25, 0.3) is 5.89 Å². The third-order valence-electron chi connectivity index (χ3n) is 2.54. The molecular weight excluding hydrogens is 294 g/mol. The lowest BCUT2D eigenvalue weighted by molar-refractivity contribution is 0.136. The van der Waals surface area contributed by atoms with Crippen LogP contribution in [0.3, 0.4) is 0 Å². The Bertz CT molecular complexity index is 844. The van der Waals surface area contributed by atoms with Gasteiger partial charge in [0.15, 0.2) is 11.2 Å². The van der Waals surface area contributed by atoms with E-state index < -0.39 is 12.2 Å². The second-order valence-corrected chi connectivity index (χ2v) is 4.31. The summed E-state index contributed by atoms with van der Waals surface area (Å²) in [6, 6.07) is 5.58. The van der Waals surface area contributed by atoms with Crippen LogP contribution in [0.5, 0.6) is 0 Å². The molecule has 0 fully saturated rings. The topological polar surface area (TPSA) is 69.1 Å². The Hall–Kier alpha value is -2.28. The summed E-state index contributed by atoms with van der Waals surface area (Å²) in [7, 11) is 0. The van der Waals surface area contributed by atoms with E-state index in [1.165, 1.54) is 12.1 Å². The zero-order valence-corrected chi connectivity index (χ0v) is 10.4. The molecule has 0 aliphatic heterocycles. The first kappa shape index (κ1) is 12.7. The summed E-state index contributed by atoms with van der Waals surface area (Å²) in [5.41, 5.74) is -0.161. The Morgan fingerprint density at radius 1 is 1.25 bits per heavy atom. The molecule has 3 rings (SSSR count). The zero-order valence-electron chi connectivity index (χ0n) is 9.64. The van der Waals surface area contributed by atoms with Crippen LogP contribution in [-0.2, 0) is 0 Å². The zero-order chi connectivity index (χ0) is 14.3. The third kappa shape index (κ3) is 2.16. The average molecular weight is 299 g/mol. The van der Waals surface area contributed by atoms with Crippen molar-refractivity contribution in [3.8, 4) is 11.7 Å². The summed E-state index contributed by atoms with van der Waals surface area (Å²) in [6.45, 7) is 0. The molecule has 3 aromatic rings. The third-order valence-corrected chi connectivity index (χ3v) is 2.77. The second kappa shape index (κ2) is 4.68. The van der Waals surface area contributed by atoms with Crippen molar-refractivity contribution in [3.63, 3.8) is 0 Å². The van der Waals surface area contributed by atoms with Crippen LogP contribution in [0.25, 0.3) is 22.6 Å². The molecule has 2 heterocycles. The lowest BCUT2D eigenvalue weighted by Crippen LogP contribution is -2.00. The maximum Gasteiger partial charge on any atom is 0.300 e. The number of nitrogens with zero attached hydrogens (tertiary/aromatic N) is 2. The molecule has 0 bridgehead atoms. The van der Waals surface area contributed by atoms with Crippen LogP contribution < -0.4 is 5.43 Å². The van der Waals surface area contributed by atoms with Gasteiger partial charge in [0.2, 0.25) is 5.82 Å². The molecule has 20 heavy (non-hydrogen) atoms. The molecule has 0 atom stereocenters. The Morgan fingerprint density at radius 3 is 2.75 bits per heavy atom. The highest BCUT2D eigenvalue weighted by molar-refractivity contribution is 6.31. The smallest absolute Gasteiger partial charge is 0.300 e. The molecule has 5 nitrogen and oxygen atoms in total. The molecule has 0 saturated carbocycles. The molecule has 2 aromatic heterocycles. The number of hydrogen-bond acceptors (Lipinski definition) is 5. The van der Waals surface area contributed by atoms with Crippen molar-refractivity contribution in [3.05, 3.63) is 45.3 Å². The summed E-state index contributed by atoms with van der Waals surface area (Å²) in [6.07, 6.45) is -2.87. The fourth-order valence-electron chi connectivity index (χ4n) is 1.66. The van der Waals surface area contributed by atoms with Gasteiger partial charge in [-0.05, 0) is 12.1 Å². The second-order valence-electron chi connectivity index (χ2n) is 3.87. The molecular formula is C12H5ClF2N2O3. The Balaban J connectivity index is 2.18. The van der Waals surface area contributed by atoms with Crippen LogP contribution in [0, 0.1) is 0 Å². The van der Waals surface area contributed by atoms with Crippen LogP contribution in [-0.4, -0.2) is 10.1 Å². The highest BCUT2D eigenvalue weighted by Crippen LogP contribution is 2.24. The average Bonchev–Trinajstić information content (AvgIpc) is 2.87. The van der Waals surface area contributed by atoms with E-state index in [4.69, 9.17) is 16.0 Å². The van der Waals surface area contributed by atoms with Crippen LogP contribution in [0.4, 0.5) is 8.78 Å². The first-order chi connectivity index (χ1) is 9.54. The fourth-order valence-corrected chi connectivity index (χ4v) is 1.82. The number of fused-ring (bicyclic) bond motifs is 1. The summed E-state index contributed by atoms with van der Waals surface area (Å²) >= 11 is 5.80. The maximum atomic E-state index is 12.4. The highest BCUT2D eigenvalue weighted by atomic mass is 35.5. The van der Waals surface area contributed by atoms with E-state index in [9.17, 15) is 13.6 Å². The molecule has 0 N–H and O–H groups in total. The summed E-state index contributed by atoms with van der Waals surface area (Å²) < 4.78 is 34.8. The van der Waals surface area contributed by atoms with Crippen molar-refractivity contribution in [2.75, 3.05) is 0 Å². The highest BCUT2D eigenvalue weighted by Gasteiger charge is 2.19. The summed E-state index contributed by atoms with van der Waals surface area (Å²) in [5.74, 6) is -1.16. The van der Waals surface area contributed by atoms with Gasteiger partial charge in [0.05, 0.1) is 5.39 Å². The monoisotopic (exact) mass is 298 g/mol. The molecule has 0 aliphatic carbocycles. The lowest BCUT2D eigenvalue weighted by atomic mass is 10.2. The van der Waals surface area contributed by atoms with Gasteiger partial charge in [-0.25, -0.2) is 8.78 Å². The number of halogens is 3.